The lowest BCUT2D eigenvalue weighted by molar-refractivity contribution is -0.274. The van der Waals surface area contributed by atoms with Gasteiger partial charge in [0.05, 0.1) is 0 Å². The lowest BCUT2D eigenvalue weighted by atomic mass is 9.89. The number of carbonyl (C=O) groups excluding carboxylic acids is 2. The second-order valence-electron chi connectivity index (χ2n) is 10.5. The van der Waals surface area contributed by atoms with Crippen LogP contribution in [0, 0.1) is 0 Å². The van der Waals surface area contributed by atoms with Gasteiger partial charge in [-0.2, -0.15) is 0 Å². The highest BCUT2D eigenvalue weighted by molar-refractivity contribution is 5.94. The first-order valence-electron chi connectivity index (χ1n) is 13.5. The molecule has 11 heteroatoms. The molecule has 216 valence electrons. The molecule has 2 amide bonds. The molecule has 0 spiro atoms. The van der Waals surface area contributed by atoms with Crippen molar-refractivity contribution in [3.8, 4) is 5.75 Å². The third-order valence-corrected chi connectivity index (χ3v) is 8.08. The van der Waals surface area contributed by atoms with E-state index in [0.29, 0.717) is 31.0 Å². The Morgan fingerprint density at radius 2 is 1.55 bits per heavy atom. The van der Waals surface area contributed by atoms with E-state index in [4.69, 9.17) is 9.90 Å². The minimum absolute atomic E-state index is 0.0638. The second-order valence-corrected chi connectivity index (χ2v) is 10.5. The number of benzene rings is 2. The summed E-state index contributed by atoms with van der Waals surface area (Å²) in [5.41, 5.74) is 2.38. The van der Waals surface area contributed by atoms with Gasteiger partial charge in [-0.1, -0.05) is 12.1 Å². The summed E-state index contributed by atoms with van der Waals surface area (Å²) in [6, 6.07) is 13.0. The molecule has 3 heterocycles. The highest BCUT2D eigenvalue weighted by atomic mass is 19.4. The molecular formula is C29H34F3N3O5. The Labute approximate surface area is 231 Å². The molecule has 2 aromatic rings. The number of alkyl halides is 3. The Morgan fingerprint density at radius 1 is 0.975 bits per heavy atom. The van der Waals surface area contributed by atoms with Gasteiger partial charge in [-0.15, -0.1) is 13.2 Å². The van der Waals surface area contributed by atoms with Crippen molar-refractivity contribution < 1.29 is 37.4 Å². The van der Waals surface area contributed by atoms with Crippen LogP contribution in [0.15, 0.2) is 48.5 Å². The molecule has 0 radical (unpaired) electrons. The number of carbonyl (C=O) groups is 3. The summed E-state index contributed by atoms with van der Waals surface area (Å²) in [4.78, 5) is 38.1. The SMILES string of the molecule is O=C(CC12CCCN1CCC2)Nc1ccc(C2CCN(C(=O)c3ccc(OC(F)(F)F)cc3)CC2)cc1.O=CO. The molecule has 2 aromatic carbocycles. The monoisotopic (exact) mass is 561 g/mol. The van der Waals surface area contributed by atoms with Crippen molar-refractivity contribution >= 4 is 24.0 Å². The van der Waals surface area contributed by atoms with Crippen LogP contribution < -0.4 is 10.1 Å². The smallest absolute Gasteiger partial charge is 0.483 e. The number of carboxylic acid groups (broad SMARTS) is 1. The number of rotatable bonds is 6. The van der Waals surface area contributed by atoms with Crippen LogP contribution in [0.3, 0.4) is 0 Å². The van der Waals surface area contributed by atoms with E-state index in [1.165, 1.54) is 30.5 Å². The van der Waals surface area contributed by atoms with Gasteiger partial charge >= 0.3 is 6.36 Å². The van der Waals surface area contributed by atoms with Crippen LogP contribution in [0.4, 0.5) is 18.9 Å². The zero-order valence-corrected chi connectivity index (χ0v) is 22.2. The van der Waals surface area contributed by atoms with Gasteiger partial charge in [0, 0.05) is 36.3 Å². The molecule has 0 aromatic heterocycles. The standard InChI is InChI=1S/C28H32F3N3O3.CH2O2/c29-28(30,31)37-24-9-5-22(6-10-24)26(36)33-17-11-21(12-18-33)20-3-7-23(8-4-20)32-25(35)19-27-13-1-15-34(27)16-2-14-27;2-1-3/h3-10,21H,1-2,11-19H2,(H,32,35);1H,(H,2,3). The number of piperidine rings is 1. The Kier molecular flexibility index (Phi) is 9.34. The van der Waals surface area contributed by atoms with Crippen molar-refractivity contribution in [2.45, 2.75) is 62.8 Å². The van der Waals surface area contributed by atoms with Gasteiger partial charge in [0.15, 0.2) is 0 Å². The molecule has 2 N–H and O–H groups in total. The van der Waals surface area contributed by atoms with Crippen molar-refractivity contribution in [2.24, 2.45) is 0 Å². The van der Waals surface area contributed by atoms with Crippen LogP contribution in [-0.4, -0.2) is 71.3 Å². The molecule has 3 aliphatic rings. The van der Waals surface area contributed by atoms with Gasteiger partial charge in [-0.3, -0.25) is 19.3 Å². The Morgan fingerprint density at radius 3 is 2.10 bits per heavy atom. The van der Waals surface area contributed by atoms with Crippen LogP contribution in [0.2, 0.25) is 0 Å². The summed E-state index contributed by atoms with van der Waals surface area (Å²) in [5.74, 6) is -0.161. The molecule has 3 saturated heterocycles. The predicted octanol–water partition coefficient (Wildman–Crippen LogP) is 5.26. The fourth-order valence-electron chi connectivity index (χ4n) is 6.25. The number of amides is 2. The Hall–Kier alpha value is -3.60. The third kappa shape index (κ3) is 7.32. The molecule has 3 fully saturated rings. The van der Waals surface area contributed by atoms with Gasteiger partial charge in [0.1, 0.15) is 5.75 Å². The fraction of sp³-hybridized carbons (Fsp3) is 0.483. The van der Waals surface area contributed by atoms with Crippen molar-refractivity contribution in [2.75, 3.05) is 31.5 Å². The highest BCUT2D eigenvalue weighted by Gasteiger charge is 2.45. The molecule has 0 aliphatic carbocycles. The molecule has 0 atom stereocenters. The zero-order chi connectivity index (χ0) is 28.8. The van der Waals surface area contributed by atoms with E-state index in [9.17, 15) is 22.8 Å². The lowest BCUT2D eigenvalue weighted by Crippen LogP contribution is -2.41. The number of halogens is 3. The predicted molar refractivity (Wildman–Crippen MR) is 142 cm³/mol. The van der Waals surface area contributed by atoms with Gasteiger partial charge in [0.2, 0.25) is 5.91 Å². The first-order valence-corrected chi connectivity index (χ1v) is 13.5. The zero-order valence-electron chi connectivity index (χ0n) is 22.2. The molecule has 0 unspecified atom stereocenters. The van der Waals surface area contributed by atoms with E-state index in [-0.39, 0.29) is 29.6 Å². The molecule has 5 rings (SSSR count). The first-order chi connectivity index (χ1) is 19.1. The molecule has 0 bridgehead atoms. The molecule has 40 heavy (non-hydrogen) atoms. The van der Waals surface area contributed by atoms with Crippen molar-refractivity contribution in [1.29, 1.82) is 0 Å². The van der Waals surface area contributed by atoms with E-state index >= 15 is 0 Å². The summed E-state index contributed by atoms with van der Waals surface area (Å²) < 4.78 is 40.9. The van der Waals surface area contributed by atoms with Gasteiger partial charge in [0.25, 0.3) is 12.4 Å². The largest absolute Gasteiger partial charge is 0.573 e. The third-order valence-electron chi connectivity index (χ3n) is 8.08. The summed E-state index contributed by atoms with van der Waals surface area (Å²) in [6.07, 6.45) is 1.96. The number of ether oxygens (including phenoxy) is 1. The van der Waals surface area contributed by atoms with Gasteiger partial charge in [-0.25, -0.2) is 0 Å². The average Bonchev–Trinajstić information content (AvgIpc) is 3.48. The number of nitrogens with one attached hydrogen (secondary N) is 1. The Bertz CT molecular complexity index is 1150. The van der Waals surface area contributed by atoms with Gasteiger partial charge in [-0.05, 0) is 99.5 Å². The first kappa shape index (κ1) is 29.4. The van der Waals surface area contributed by atoms with Gasteiger partial charge < -0.3 is 20.1 Å². The van der Waals surface area contributed by atoms with Crippen LogP contribution in [0.25, 0.3) is 0 Å². The van der Waals surface area contributed by atoms with E-state index < -0.39 is 6.36 Å². The van der Waals surface area contributed by atoms with E-state index in [0.717, 1.165) is 56.6 Å². The maximum atomic E-state index is 12.8. The van der Waals surface area contributed by atoms with Crippen molar-refractivity contribution in [3.05, 3.63) is 59.7 Å². The number of hydrogen-bond acceptors (Lipinski definition) is 5. The normalized spacial score (nSPS) is 18.8. The second kappa shape index (κ2) is 12.7. The van der Waals surface area contributed by atoms with E-state index in [2.05, 4.69) is 15.0 Å². The van der Waals surface area contributed by atoms with E-state index in [1.54, 1.807) is 4.90 Å². The van der Waals surface area contributed by atoms with E-state index in [1.807, 2.05) is 24.3 Å². The fourth-order valence-corrected chi connectivity index (χ4v) is 6.25. The summed E-state index contributed by atoms with van der Waals surface area (Å²) in [7, 11) is 0. The summed E-state index contributed by atoms with van der Waals surface area (Å²) in [6.45, 7) is 3.11. The maximum absolute atomic E-state index is 12.8. The van der Waals surface area contributed by atoms with Crippen LogP contribution >= 0.6 is 0 Å². The lowest BCUT2D eigenvalue weighted by Gasteiger charge is -2.32. The molecule has 0 saturated carbocycles. The number of hydrogen-bond donors (Lipinski definition) is 2. The van der Waals surface area contributed by atoms with Crippen LogP contribution in [0.1, 0.15) is 66.8 Å². The highest BCUT2D eigenvalue weighted by Crippen LogP contribution is 2.41. The molecule has 8 nitrogen and oxygen atoms in total. The minimum Gasteiger partial charge on any atom is -0.483 e. The summed E-state index contributed by atoms with van der Waals surface area (Å²) >= 11 is 0. The van der Waals surface area contributed by atoms with Crippen molar-refractivity contribution in [1.82, 2.24) is 9.80 Å². The number of likely N-dealkylation sites (tertiary alicyclic amines) is 1. The molecular weight excluding hydrogens is 527 g/mol. The maximum Gasteiger partial charge on any atom is 0.573 e. The number of nitrogens with zero attached hydrogens (tertiary/aromatic N) is 2. The topological polar surface area (TPSA) is 99.2 Å². The summed E-state index contributed by atoms with van der Waals surface area (Å²) in [5, 5.41) is 9.96. The number of fused-ring (bicyclic) bond motifs is 1. The minimum atomic E-state index is -4.76. The van der Waals surface area contributed by atoms with Crippen LogP contribution in [0.5, 0.6) is 5.75 Å². The average molecular weight is 562 g/mol. The quantitative estimate of drug-likeness (QED) is 0.467. The molecule has 3 aliphatic heterocycles. The Balaban J connectivity index is 0.00000118. The van der Waals surface area contributed by atoms with Crippen LogP contribution in [-0.2, 0) is 9.59 Å². The van der Waals surface area contributed by atoms with Crippen molar-refractivity contribution in [3.63, 3.8) is 0 Å². The number of anilines is 1.